The van der Waals surface area contributed by atoms with Crippen LogP contribution in [-0.4, -0.2) is 12.5 Å². The van der Waals surface area contributed by atoms with E-state index in [4.69, 9.17) is 17.3 Å². The molecular weight excluding hydrogens is 334 g/mol. The Morgan fingerprint density at radius 2 is 2.04 bits per heavy atom. The number of fused-ring (bicyclic) bond motifs is 1. The smallest absolute Gasteiger partial charge is 0.276 e. The normalized spacial score (nSPS) is 17.3. The van der Waals surface area contributed by atoms with Gasteiger partial charge in [-0.25, -0.2) is 8.78 Å². The van der Waals surface area contributed by atoms with E-state index in [0.29, 0.717) is 16.1 Å². The Morgan fingerprint density at radius 3 is 2.71 bits per heavy atom. The first kappa shape index (κ1) is 16.9. The molecule has 6 heteroatoms. The number of alkyl halides is 2. The van der Waals surface area contributed by atoms with Crippen molar-refractivity contribution in [3.63, 3.8) is 0 Å². The highest BCUT2D eigenvalue weighted by atomic mass is 35.5. The Morgan fingerprint density at radius 1 is 1.29 bits per heavy atom. The van der Waals surface area contributed by atoms with Crippen molar-refractivity contribution >= 4 is 23.2 Å². The van der Waals surface area contributed by atoms with Crippen LogP contribution < -0.4 is 10.6 Å². The number of nitrogens with two attached hydrogens (primary N) is 1. The van der Waals surface area contributed by atoms with Crippen LogP contribution in [0.3, 0.4) is 0 Å². The lowest BCUT2D eigenvalue weighted by Crippen LogP contribution is -2.40. The molecule has 3 nitrogen and oxygen atoms in total. The van der Waals surface area contributed by atoms with Gasteiger partial charge in [0.1, 0.15) is 0 Å². The zero-order valence-electron chi connectivity index (χ0n) is 13.1. The maximum absolute atomic E-state index is 14.3. The quantitative estimate of drug-likeness (QED) is 0.866. The minimum absolute atomic E-state index is 0.0527. The zero-order valence-corrected chi connectivity index (χ0v) is 13.9. The highest BCUT2D eigenvalue weighted by Crippen LogP contribution is 2.43. The summed E-state index contributed by atoms with van der Waals surface area (Å²) < 4.78 is 28.7. The summed E-state index contributed by atoms with van der Waals surface area (Å²) in [6, 6.07) is 10.7. The fraction of sp³-hybridized carbons (Fsp3) is 0.278. The first-order valence-electron chi connectivity index (χ1n) is 7.65. The first-order valence-corrected chi connectivity index (χ1v) is 8.02. The lowest BCUT2D eigenvalue weighted by molar-refractivity contribution is -0.0147. The van der Waals surface area contributed by atoms with Crippen LogP contribution in [0.2, 0.25) is 5.02 Å². The molecule has 0 radical (unpaired) electrons. The molecule has 0 fully saturated rings. The van der Waals surface area contributed by atoms with Crippen LogP contribution in [-0.2, 0) is 5.92 Å². The third-order valence-corrected chi connectivity index (χ3v) is 4.43. The molecule has 0 bridgehead atoms. The van der Waals surface area contributed by atoms with Crippen LogP contribution in [0.4, 0.5) is 14.5 Å². The maximum Gasteiger partial charge on any atom is 0.276 e. The summed E-state index contributed by atoms with van der Waals surface area (Å²) in [5.74, 6) is -3.33. The average molecular weight is 351 g/mol. The molecule has 24 heavy (non-hydrogen) atoms. The predicted molar refractivity (Wildman–Crippen MR) is 90.7 cm³/mol. The van der Waals surface area contributed by atoms with E-state index >= 15 is 0 Å². The van der Waals surface area contributed by atoms with Crippen molar-refractivity contribution < 1.29 is 13.6 Å². The molecular formula is C18H17ClF2N2O. The molecule has 0 spiro atoms. The van der Waals surface area contributed by atoms with Gasteiger partial charge in [-0.15, -0.1) is 0 Å². The highest BCUT2D eigenvalue weighted by molar-refractivity contribution is 6.31. The van der Waals surface area contributed by atoms with Gasteiger partial charge in [0.25, 0.3) is 11.8 Å². The zero-order chi connectivity index (χ0) is 17.5. The van der Waals surface area contributed by atoms with Crippen LogP contribution in [0.5, 0.6) is 0 Å². The third-order valence-electron chi connectivity index (χ3n) is 4.20. The molecule has 1 heterocycles. The van der Waals surface area contributed by atoms with E-state index < -0.39 is 12.3 Å². The van der Waals surface area contributed by atoms with Crippen LogP contribution in [0, 0.1) is 0 Å². The van der Waals surface area contributed by atoms with Gasteiger partial charge in [0.15, 0.2) is 0 Å². The summed E-state index contributed by atoms with van der Waals surface area (Å²) in [5, 5.41) is 0.427. The Bertz CT molecular complexity index is 792. The van der Waals surface area contributed by atoms with Crippen LogP contribution in [0.15, 0.2) is 42.5 Å². The predicted octanol–water partition coefficient (Wildman–Crippen LogP) is 4.50. The maximum atomic E-state index is 14.3. The van der Waals surface area contributed by atoms with E-state index in [1.54, 1.807) is 37.3 Å². The molecule has 126 valence electrons. The van der Waals surface area contributed by atoms with Gasteiger partial charge in [0.05, 0.1) is 5.69 Å². The van der Waals surface area contributed by atoms with Crippen LogP contribution in [0.1, 0.15) is 40.9 Å². The number of benzene rings is 2. The monoisotopic (exact) mass is 350 g/mol. The number of carbonyl (C=O) groups excluding carboxylic acids is 1. The summed E-state index contributed by atoms with van der Waals surface area (Å²) >= 11 is 5.92. The molecule has 0 aromatic heterocycles. The molecule has 2 aromatic carbocycles. The number of nitrogens with zero attached hydrogens (tertiary/aromatic N) is 1. The second-order valence-corrected chi connectivity index (χ2v) is 6.42. The summed E-state index contributed by atoms with van der Waals surface area (Å²) in [4.78, 5) is 14.1. The van der Waals surface area contributed by atoms with E-state index in [1.165, 1.54) is 17.0 Å². The number of halogens is 3. The van der Waals surface area contributed by atoms with E-state index in [9.17, 15) is 13.6 Å². The number of carbonyl (C=O) groups is 1. The van der Waals surface area contributed by atoms with Crippen LogP contribution in [0.25, 0.3) is 0 Å². The Labute approximate surface area is 144 Å². The summed E-state index contributed by atoms with van der Waals surface area (Å²) in [7, 11) is 0. The average Bonchev–Trinajstić information content (AvgIpc) is 2.54. The van der Waals surface area contributed by atoms with Crippen molar-refractivity contribution in [3.8, 4) is 0 Å². The van der Waals surface area contributed by atoms with Gasteiger partial charge in [-0.2, -0.15) is 0 Å². The minimum Gasteiger partial charge on any atom is -0.324 e. The molecule has 1 amide bonds. The van der Waals surface area contributed by atoms with E-state index in [1.807, 2.05) is 0 Å². The second kappa shape index (κ2) is 6.15. The van der Waals surface area contributed by atoms with Gasteiger partial charge in [0.2, 0.25) is 0 Å². The SMILES string of the molecule is CC(N)c1ccc2c(c1)C(F)(F)CCN2C(=O)c1cccc(Cl)c1. The molecule has 3 rings (SSSR count). The van der Waals surface area contributed by atoms with Gasteiger partial charge in [-0.05, 0) is 42.8 Å². The number of anilines is 1. The minimum atomic E-state index is -2.98. The van der Waals surface area contributed by atoms with E-state index in [0.717, 1.165) is 0 Å². The molecule has 2 N–H and O–H groups in total. The Kier molecular flexibility index (Phi) is 4.32. The van der Waals surface area contributed by atoms with Crippen molar-refractivity contribution in [3.05, 3.63) is 64.2 Å². The van der Waals surface area contributed by atoms with Gasteiger partial charge < -0.3 is 10.6 Å². The van der Waals surface area contributed by atoms with Gasteiger partial charge in [-0.3, -0.25) is 4.79 Å². The van der Waals surface area contributed by atoms with Crippen LogP contribution >= 0.6 is 11.6 Å². The largest absolute Gasteiger partial charge is 0.324 e. The van der Waals surface area contributed by atoms with E-state index in [-0.39, 0.29) is 29.7 Å². The molecule has 1 aliphatic heterocycles. The van der Waals surface area contributed by atoms with Crippen molar-refractivity contribution in [1.82, 2.24) is 0 Å². The number of hydrogen-bond donors (Lipinski definition) is 1. The van der Waals surface area contributed by atoms with Gasteiger partial charge >= 0.3 is 0 Å². The van der Waals surface area contributed by atoms with Crippen molar-refractivity contribution in [2.24, 2.45) is 5.73 Å². The lowest BCUT2D eigenvalue weighted by atomic mass is 9.93. The number of amides is 1. The molecule has 2 aromatic rings. The van der Waals surface area contributed by atoms with Crippen molar-refractivity contribution in [2.45, 2.75) is 25.3 Å². The molecule has 0 saturated carbocycles. The number of rotatable bonds is 2. The second-order valence-electron chi connectivity index (χ2n) is 5.99. The third kappa shape index (κ3) is 3.01. The molecule has 1 unspecified atom stereocenters. The summed E-state index contributed by atoms with van der Waals surface area (Å²) in [5.41, 5.74) is 6.85. The summed E-state index contributed by atoms with van der Waals surface area (Å²) in [6.45, 7) is 1.68. The van der Waals surface area contributed by atoms with Crippen molar-refractivity contribution in [2.75, 3.05) is 11.4 Å². The number of hydrogen-bond acceptors (Lipinski definition) is 2. The molecule has 1 aliphatic rings. The fourth-order valence-electron chi connectivity index (χ4n) is 2.86. The summed E-state index contributed by atoms with van der Waals surface area (Å²) in [6.07, 6.45) is -0.422. The fourth-order valence-corrected chi connectivity index (χ4v) is 3.05. The van der Waals surface area contributed by atoms with E-state index in [2.05, 4.69) is 0 Å². The lowest BCUT2D eigenvalue weighted by Gasteiger charge is -2.34. The topological polar surface area (TPSA) is 46.3 Å². The molecule has 1 atom stereocenters. The highest BCUT2D eigenvalue weighted by Gasteiger charge is 2.41. The first-order chi connectivity index (χ1) is 11.3. The van der Waals surface area contributed by atoms with Gasteiger partial charge in [-0.1, -0.05) is 23.7 Å². The molecule has 0 saturated heterocycles. The Balaban J connectivity index is 2.05. The molecule has 0 aliphatic carbocycles. The Hall–Kier alpha value is -1.98. The standard InChI is InChI=1S/C18H17ClF2N2O/c1-11(22)12-5-6-16-15(10-12)18(20,21)7-8-23(16)17(24)13-3-2-4-14(19)9-13/h2-6,9-11H,7-8,22H2,1H3. The van der Waals surface area contributed by atoms with Gasteiger partial charge in [0, 0.05) is 35.2 Å². The van der Waals surface area contributed by atoms with Crippen molar-refractivity contribution in [1.29, 1.82) is 0 Å².